The van der Waals surface area contributed by atoms with Crippen LogP contribution in [0.1, 0.15) is 104 Å². The molecule has 0 aromatic heterocycles. The Morgan fingerprint density at radius 1 is 1.00 bits per heavy atom. The fourth-order valence-electron chi connectivity index (χ4n) is 5.79. The summed E-state index contributed by atoms with van der Waals surface area (Å²) in [6.45, 7) is 5.52. The van der Waals surface area contributed by atoms with Crippen molar-refractivity contribution >= 4 is 0 Å². The third-order valence-corrected chi connectivity index (χ3v) is 7.51. The maximum atomic E-state index is 6.27. The minimum absolute atomic E-state index is 0.794. The van der Waals surface area contributed by atoms with E-state index in [2.05, 4.69) is 26.0 Å². The summed E-state index contributed by atoms with van der Waals surface area (Å²) in [5.41, 5.74) is 1.72. The van der Waals surface area contributed by atoms with Crippen LogP contribution in [0.15, 0.2) is 23.5 Å². The highest BCUT2D eigenvalue weighted by atomic mass is 16.5. The highest BCUT2D eigenvalue weighted by molar-refractivity contribution is 5.07. The first-order chi connectivity index (χ1) is 12.8. The molecule has 0 saturated heterocycles. The van der Waals surface area contributed by atoms with Crippen molar-refractivity contribution in [3.05, 3.63) is 23.5 Å². The summed E-state index contributed by atoms with van der Waals surface area (Å²) in [6, 6.07) is 0. The van der Waals surface area contributed by atoms with Crippen molar-refractivity contribution in [2.45, 2.75) is 104 Å². The first kappa shape index (κ1) is 20.0. The summed E-state index contributed by atoms with van der Waals surface area (Å²) in [5, 5.41) is 0. The van der Waals surface area contributed by atoms with Crippen molar-refractivity contribution in [1.82, 2.24) is 0 Å². The molecule has 2 saturated carbocycles. The smallest absolute Gasteiger partial charge is 0.0920 e. The van der Waals surface area contributed by atoms with E-state index in [1.807, 2.05) is 0 Å². The molecule has 0 aliphatic heterocycles. The molecule has 0 aromatic rings. The van der Waals surface area contributed by atoms with Crippen LogP contribution in [-0.2, 0) is 4.74 Å². The number of allylic oxidation sites excluding steroid dienone is 4. The molecule has 1 atom stereocenters. The van der Waals surface area contributed by atoms with Gasteiger partial charge in [-0.05, 0) is 81.6 Å². The predicted molar refractivity (Wildman–Crippen MR) is 112 cm³/mol. The van der Waals surface area contributed by atoms with Crippen molar-refractivity contribution in [3.8, 4) is 0 Å². The van der Waals surface area contributed by atoms with Gasteiger partial charge in [-0.15, -0.1) is 0 Å². The molecule has 0 bridgehead atoms. The first-order valence-corrected chi connectivity index (χ1v) is 11.8. The largest absolute Gasteiger partial charge is 0.498 e. The molecule has 0 amide bonds. The predicted octanol–water partition coefficient (Wildman–Crippen LogP) is 7.82. The van der Waals surface area contributed by atoms with Crippen molar-refractivity contribution < 1.29 is 4.74 Å². The molecular weight excluding hydrogens is 316 g/mol. The van der Waals surface area contributed by atoms with Gasteiger partial charge in [0.1, 0.15) is 0 Å². The standard InChI is InChI=1S/C25H42O/c1-3-8-21(4-2)23-13-11-20(12-14-23)19-26-25-17-15-24(16-18-25)22-9-6-5-7-10-22/h4,17,20,22-24H,3,5-16,18-19H2,1-2H3/b21-4+. The van der Waals surface area contributed by atoms with Crippen LogP contribution >= 0.6 is 0 Å². The van der Waals surface area contributed by atoms with E-state index in [0.29, 0.717) is 0 Å². The van der Waals surface area contributed by atoms with E-state index in [4.69, 9.17) is 4.74 Å². The summed E-state index contributed by atoms with van der Waals surface area (Å²) < 4.78 is 6.27. The van der Waals surface area contributed by atoms with Crippen molar-refractivity contribution in [1.29, 1.82) is 0 Å². The topological polar surface area (TPSA) is 9.23 Å². The van der Waals surface area contributed by atoms with Gasteiger partial charge in [-0.3, -0.25) is 0 Å². The second-order valence-electron chi connectivity index (χ2n) is 9.25. The van der Waals surface area contributed by atoms with Crippen LogP contribution in [0, 0.1) is 23.7 Å². The Kier molecular flexibility index (Phi) is 8.14. The van der Waals surface area contributed by atoms with Gasteiger partial charge in [-0.25, -0.2) is 0 Å². The lowest BCUT2D eigenvalue weighted by Crippen LogP contribution is -2.22. The average molecular weight is 359 g/mol. The molecule has 0 heterocycles. The van der Waals surface area contributed by atoms with E-state index in [1.54, 1.807) is 5.57 Å². The molecule has 3 aliphatic carbocycles. The van der Waals surface area contributed by atoms with Crippen LogP contribution in [0.5, 0.6) is 0 Å². The first-order valence-electron chi connectivity index (χ1n) is 11.8. The molecule has 148 valence electrons. The zero-order valence-electron chi connectivity index (χ0n) is 17.5. The van der Waals surface area contributed by atoms with Gasteiger partial charge < -0.3 is 4.74 Å². The third kappa shape index (κ3) is 5.64. The van der Waals surface area contributed by atoms with E-state index >= 15 is 0 Å². The molecule has 0 spiro atoms. The van der Waals surface area contributed by atoms with Crippen LogP contribution in [-0.4, -0.2) is 6.61 Å². The molecule has 2 fully saturated rings. The van der Waals surface area contributed by atoms with Gasteiger partial charge in [0.05, 0.1) is 12.4 Å². The molecule has 26 heavy (non-hydrogen) atoms. The van der Waals surface area contributed by atoms with Crippen LogP contribution in [0.25, 0.3) is 0 Å². The Balaban J connectivity index is 1.36. The van der Waals surface area contributed by atoms with Crippen LogP contribution in [0.3, 0.4) is 0 Å². The lowest BCUT2D eigenvalue weighted by atomic mass is 9.75. The van der Waals surface area contributed by atoms with Gasteiger partial charge in [-0.1, -0.05) is 57.1 Å². The van der Waals surface area contributed by atoms with Gasteiger partial charge in [-0.2, -0.15) is 0 Å². The highest BCUT2D eigenvalue weighted by Crippen LogP contribution is 2.39. The SMILES string of the molecule is C/C=C(\CCC)C1CCC(COC2=CCC(C3CCCCC3)CC2)CC1. The molecule has 1 unspecified atom stereocenters. The van der Waals surface area contributed by atoms with Gasteiger partial charge in [0.15, 0.2) is 0 Å². The second-order valence-corrected chi connectivity index (χ2v) is 9.25. The third-order valence-electron chi connectivity index (χ3n) is 7.51. The zero-order valence-corrected chi connectivity index (χ0v) is 17.5. The van der Waals surface area contributed by atoms with E-state index < -0.39 is 0 Å². The number of rotatable bonds is 7. The summed E-state index contributed by atoms with van der Waals surface area (Å²) >= 11 is 0. The lowest BCUT2D eigenvalue weighted by molar-refractivity contribution is 0.115. The van der Waals surface area contributed by atoms with Crippen molar-refractivity contribution in [2.75, 3.05) is 6.61 Å². The molecule has 1 heteroatoms. The lowest BCUT2D eigenvalue weighted by Gasteiger charge is -2.33. The summed E-state index contributed by atoms with van der Waals surface area (Å²) in [7, 11) is 0. The Morgan fingerprint density at radius 3 is 2.38 bits per heavy atom. The maximum Gasteiger partial charge on any atom is 0.0920 e. The molecule has 3 aliphatic rings. The highest BCUT2D eigenvalue weighted by Gasteiger charge is 2.27. The quantitative estimate of drug-likeness (QED) is 0.421. The second kappa shape index (κ2) is 10.6. The Bertz CT molecular complexity index is 461. The van der Waals surface area contributed by atoms with Gasteiger partial charge in [0.2, 0.25) is 0 Å². The minimum atomic E-state index is 0.794. The summed E-state index contributed by atoms with van der Waals surface area (Å²) in [5.74, 6) is 4.94. The summed E-state index contributed by atoms with van der Waals surface area (Å²) in [6.07, 6.45) is 24.2. The number of hydrogen-bond acceptors (Lipinski definition) is 1. The van der Waals surface area contributed by atoms with E-state index in [-0.39, 0.29) is 0 Å². The molecule has 1 nitrogen and oxygen atoms in total. The minimum Gasteiger partial charge on any atom is -0.498 e. The Morgan fingerprint density at radius 2 is 1.77 bits per heavy atom. The van der Waals surface area contributed by atoms with E-state index in [1.165, 1.54) is 95.7 Å². The fourth-order valence-corrected chi connectivity index (χ4v) is 5.79. The molecule has 0 radical (unpaired) electrons. The van der Waals surface area contributed by atoms with E-state index in [0.717, 1.165) is 30.3 Å². The fraction of sp³-hybridized carbons (Fsp3) is 0.840. The average Bonchev–Trinajstić information content (AvgIpc) is 2.72. The van der Waals surface area contributed by atoms with E-state index in [9.17, 15) is 0 Å². The zero-order chi connectivity index (χ0) is 18.2. The number of ether oxygens (including phenoxy) is 1. The Labute approximate surface area is 162 Å². The molecular formula is C25H42O. The van der Waals surface area contributed by atoms with Crippen LogP contribution < -0.4 is 0 Å². The van der Waals surface area contributed by atoms with Gasteiger partial charge >= 0.3 is 0 Å². The molecule has 0 N–H and O–H groups in total. The molecule has 3 rings (SSSR count). The van der Waals surface area contributed by atoms with Crippen molar-refractivity contribution in [3.63, 3.8) is 0 Å². The normalized spacial score (nSPS) is 31.5. The monoisotopic (exact) mass is 358 g/mol. The van der Waals surface area contributed by atoms with Gasteiger partial charge in [0, 0.05) is 6.42 Å². The molecule has 0 aromatic carbocycles. The van der Waals surface area contributed by atoms with Crippen molar-refractivity contribution in [2.24, 2.45) is 23.7 Å². The van der Waals surface area contributed by atoms with Crippen LogP contribution in [0.2, 0.25) is 0 Å². The maximum absolute atomic E-state index is 6.27. The van der Waals surface area contributed by atoms with Crippen LogP contribution in [0.4, 0.5) is 0 Å². The van der Waals surface area contributed by atoms with Gasteiger partial charge in [0.25, 0.3) is 0 Å². The number of hydrogen-bond donors (Lipinski definition) is 0. The Hall–Kier alpha value is -0.720. The summed E-state index contributed by atoms with van der Waals surface area (Å²) in [4.78, 5) is 0.